The van der Waals surface area contributed by atoms with Gasteiger partial charge in [0.2, 0.25) is 5.91 Å². The summed E-state index contributed by atoms with van der Waals surface area (Å²) in [7, 11) is 0. The highest BCUT2D eigenvalue weighted by molar-refractivity contribution is 7.99. The van der Waals surface area contributed by atoms with Gasteiger partial charge >= 0.3 is 0 Å². The summed E-state index contributed by atoms with van der Waals surface area (Å²) >= 11 is 2.64. The Kier molecular flexibility index (Phi) is 6.33. The molecular formula is C22H18N4O4S2. The summed E-state index contributed by atoms with van der Waals surface area (Å²) in [6.45, 7) is 2.03. The van der Waals surface area contributed by atoms with Crippen LogP contribution in [0.15, 0.2) is 70.6 Å². The molecule has 32 heavy (non-hydrogen) atoms. The Hall–Kier alpha value is -3.50. The third kappa shape index (κ3) is 4.56. The minimum absolute atomic E-state index is 0.0216. The molecule has 1 N–H and O–H groups in total. The number of amides is 1. The highest BCUT2D eigenvalue weighted by Gasteiger charge is 2.17. The van der Waals surface area contributed by atoms with E-state index in [1.165, 1.54) is 40.2 Å². The van der Waals surface area contributed by atoms with E-state index in [1.54, 1.807) is 0 Å². The van der Waals surface area contributed by atoms with Crippen molar-refractivity contribution >= 4 is 50.6 Å². The molecule has 0 fully saturated rings. The van der Waals surface area contributed by atoms with E-state index in [0.717, 1.165) is 23.1 Å². The average Bonchev–Trinajstić information content (AvgIpc) is 3.22. The number of thioether (sulfide) groups is 1. The number of para-hydroxylation sites is 1. The number of nitrogens with one attached hydrogen (secondary N) is 1. The maximum atomic E-state index is 13.3. The van der Waals surface area contributed by atoms with Gasteiger partial charge in [-0.05, 0) is 36.8 Å². The number of anilines is 1. The smallest absolute Gasteiger partial charge is 0.269 e. The quantitative estimate of drug-likeness (QED) is 0.184. The first-order valence-corrected chi connectivity index (χ1v) is 11.5. The first-order chi connectivity index (χ1) is 15.5. The van der Waals surface area contributed by atoms with Crippen LogP contribution >= 0.6 is 23.1 Å². The van der Waals surface area contributed by atoms with Gasteiger partial charge in [-0.1, -0.05) is 36.9 Å². The van der Waals surface area contributed by atoms with Crippen LogP contribution in [0.1, 0.15) is 11.8 Å². The third-order valence-corrected chi connectivity index (χ3v) is 6.75. The highest BCUT2D eigenvalue weighted by atomic mass is 32.2. The fourth-order valence-corrected chi connectivity index (χ4v) is 4.90. The Morgan fingerprint density at radius 3 is 2.56 bits per heavy atom. The second kappa shape index (κ2) is 9.33. The van der Waals surface area contributed by atoms with Crippen LogP contribution in [0.25, 0.3) is 15.9 Å². The summed E-state index contributed by atoms with van der Waals surface area (Å²) in [6.07, 6.45) is 0.811. The highest BCUT2D eigenvalue weighted by Crippen LogP contribution is 2.27. The normalized spacial score (nSPS) is 10.9. The summed E-state index contributed by atoms with van der Waals surface area (Å²) in [6, 6.07) is 16.7. The van der Waals surface area contributed by atoms with E-state index in [4.69, 9.17) is 0 Å². The summed E-state index contributed by atoms with van der Waals surface area (Å²) < 4.78 is 1.53. The van der Waals surface area contributed by atoms with E-state index in [-0.39, 0.29) is 22.9 Å². The Bertz CT molecular complexity index is 1350. The van der Waals surface area contributed by atoms with Gasteiger partial charge in [-0.2, -0.15) is 0 Å². The topological polar surface area (TPSA) is 107 Å². The molecule has 8 nitrogen and oxygen atoms in total. The van der Waals surface area contributed by atoms with Crippen LogP contribution in [0, 0.1) is 10.1 Å². The molecule has 0 bridgehead atoms. The van der Waals surface area contributed by atoms with Crippen molar-refractivity contribution < 1.29 is 9.72 Å². The number of hydrogen-bond acceptors (Lipinski definition) is 7. The van der Waals surface area contributed by atoms with Crippen molar-refractivity contribution in [2.24, 2.45) is 0 Å². The average molecular weight is 467 g/mol. The maximum Gasteiger partial charge on any atom is 0.269 e. The molecule has 4 aromatic rings. The fraction of sp³-hybridized carbons (Fsp3) is 0.136. The molecule has 4 rings (SSSR count). The molecule has 2 heterocycles. The molecule has 0 saturated carbocycles. The number of nitrogens with zero attached hydrogens (tertiary/aromatic N) is 3. The fourth-order valence-electron chi connectivity index (χ4n) is 3.08. The number of nitro groups is 1. The number of carbonyl (C=O) groups excluding carboxylic acids is 1. The van der Waals surface area contributed by atoms with Crippen molar-refractivity contribution in [3.8, 4) is 5.69 Å². The van der Waals surface area contributed by atoms with Gasteiger partial charge in [-0.3, -0.25) is 24.3 Å². The Morgan fingerprint density at radius 1 is 1.19 bits per heavy atom. The van der Waals surface area contributed by atoms with Gasteiger partial charge in [-0.25, -0.2) is 4.98 Å². The molecular weight excluding hydrogens is 448 g/mol. The first kappa shape index (κ1) is 21.7. The molecule has 0 unspecified atom stereocenters. The molecule has 2 aromatic heterocycles. The van der Waals surface area contributed by atoms with Crippen molar-refractivity contribution in [3.63, 3.8) is 0 Å². The number of thiophene rings is 1. The SMILES string of the molecule is CCc1cc2c(=O)n(-c3ccccc3)c(SCC(=O)Nc3ccc([N+](=O)[O-])cc3)nc2s1. The molecule has 0 radical (unpaired) electrons. The number of rotatable bonds is 7. The minimum atomic E-state index is -0.499. The molecule has 162 valence electrons. The number of non-ortho nitro benzene ring substituents is 1. The van der Waals surface area contributed by atoms with Crippen LogP contribution in [-0.2, 0) is 11.2 Å². The van der Waals surface area contributed by atoms with Crippen molar-refractivity contribution in [1.29, 1.82) is 0 Å². The van der Waals surface area contributed by atoms with Crippen LogP contribution < -0.4 is 10.9 Å². The number of carbonyl (C=O) groups is 1. The lowest BCUT2D eigenvalue weighted by Gasteiger charge is -2.12. The van der Waals surface area contributed by atoms with E-state index in [0.29, 0.717) is 26.7 Å². The van der Waals surface area contributed by atoms with Gasteiger partial charge in [-0.15, -0.1) is 11.3 Å². The van der Waals surface area contributed by atoms with Gasteiger partial charge in [0.1, 0.15) is 4.83 Å². The molecule has 0 spiro atoms. The third-order valence-electron chi connectivity index (χ3n) is 4.64. The van der Waals surface area contributed by atoms with E-state index >= 15 is 0 Å². The standard InChI is InChI=1S/C22H18N4O4S2/c1-2-17-12-18-20(32-17)24-22(25(21(18)28)15-6-4-3-5-7-15)31-13-19(27)23-14-8-10-16(11-9-14)26(29)30/h3-12H,2,13H2,1H3,(H,23,27). The van der Waals surface area contributed by atoms with Crippen LogP contribution in [0.3, 0.4) is 0 Å². The van der Waals surface area contributed by atoms with Gasteiger partial charge < -0.3 is 5.32 Å². The van der Waals surface area contributed by atoms with Gasteiger partial charge in [0, 0.05) is 22.7 Å². The lowest BCUT2D eigenvalue weighted by molar-refractivity contribution is -0.384. The molecule has 0 saturated heterocycles. The van der Waals surface area contributed by atoms with E-state index in [2.05, 4.69) is 10.3 Å². The summed E-state index contributed by atoms with van der Waals surface area (Å²) in [4.78, 5) is 42.4. The Balaban J connectivity index is 1.61. The summed E-state index contributed by atoms with van der Waals surface area (Å²) in [5, 5.41) is 14.5. The van der Waals surface area contributed by atoms with Gasteiger partial charge in [0.25, 0.3) is 11.2 Å². The number of aromatic nitrogens is 2. The van der Waals surface area contributed by atoms with Crippen molar-refractivity contribution in [3.05, 3.63) is 86.0 Å². The molecule has 2 aromatic carbocycles. The number of hydrogen-bond donors (Lipinski definition) is 1. The predicted molar refractivity (Wildman–Crippen MR) is 127 cm³/mol. The number of fused-ring (bicyclic) bond motifs is 1. The lowest BCUT2D eigenvalue weighted by atomic mass is 10.3. The maximum absolute atomic E-state index is 13.3. The zero-order chi connectivity index (χ0) is 22.7. The Labute approximate surface area is 191 Å². The van der Waals surface area contributed by atoms with Gasteiger partial charge in [0.05, 0.1) is 21.7 Å². The second-order valence-corrected chi connectivity index (χ2v) is 8.85. The monoisotopic (exact) mass is 466 g/mol. The zero-order valence-corrected chi connectivity index (χ0v) is 18.6. The summed E-state index contributed by atoms with van der Waals surface area (Å²) in [5.41, 5.74) is 0.907. The number of benzene rings is 2. The van der Waals surface area contributed by atoms with E-state index in [1.807, 2.05) is 43.3 Å². The molecule has 0 aliphatic heterocycles. The molecule has 1 amide bonds. The van der Waals surface area contributed by atoms with Crippen molar-refractivity contribution in [2.45, 2.75) is 18.5 Å². The molecule has 0 aliphatic rings. The van der Waals surface area contributed by atoms with Crippen LogP contribution in [0.4, 0.5) is 11.4 Å². The van der Waals surface area contributed by atoms with Crippen LogP contribution in [0.2, 0.25) is 0 Å². The lowest BCUT2D eigenvalue weighted by Crippen LogP contribution is -2.22. The Morgan fingerprint density at radius 2 is 1.91 bits per heavy atom. The molecule has 0 aliphatic carbocycles. The van der Waals surface area contributed by atoms with E-state index < -0.39 is 4.92 Å². The molecule has 10 heteroatoms. The zero-order valence-electron chi connectivity index (χ0n) is 17.0. The van der Waals surface area contributed by atoms with E-state index in [9.17, 15) is 19.7 Å². The molecule has 0 atom stereocenters. The second-order valence-electron chi connectivity index (χ2n) is 6.80. The van der Waals surface area contributed by atoms with Crippen LogP contribution in [0.5, 0.6) is 0 Å². The van der Waals surface area contributed by atoms with Gasteiger partial charge in [0.15, 0.2) is 5.16 Å². The number of nitro benzene ring substituents is 1. The van der Waals surface area contributed by atoms with Crippen LogP contribution in [-0.4, -0.2) is 26.1 Å². The minimum Gasteiger partial charge on any atom is -0.325 e. The summed E-state index contributed by atoms with van der Waals surface area (Å²) in [5.74, 6) is -0.286. The predicted octanol–water partition coefficient (Wildman–Crippen LogP) is 4.65. The largest absolute Gasteiger partial charge is 0.325 e. The van der Waals surface area contributed by atoms with Crippen molar-refractivity contribution in [2.75, 3.05) is 11.1 Å². The van der Waals surface area contributed by atoms with Crippen molar-refractivity contribution in [1.82, 2.24) is 9.55 Å². The first-order valence-electron chi connectivity index (χ1n) is 9.74. The number of aryl methyl sites for hydroxylation is 1.